The zero-order valence-corrected chi connectivity index (χ0v) is 8.62. The van der Waals surface area contributed by atoms with Gasteiger partial charge in [0, 0.05) is 23.4 Å². The quantitative estimate of drug-likeness (QED) is 0.707. The van der Waals surface area contributed by atoms with Crippen molar-refractivity contribution in [2.24, 2.45) is 0 Å². The highest BCUT2D eigenvalue weighted by Gasteiger charge is 2.41. The number of ether oxygens (including phenoxy) is 1. The fourth-order valence-electron chi connectivity index (χ4n) is 2.41. The lowest BCUT2D eigenvalue weighted by Crippen LogP contribution is -2.36. The Balaban J connectivity index is 2.09. The van der Waals surface area contributed by atoms with Crippen molar-refractivity contribution < 1.29 is 9.13 Å². The molecule has 0 aliphatic carbocycles. The zero-order valence-electron chi connectivity index (χ0n) is 7.81. The van der Waals surface area contributed by atoms with Crippen LogP contribution in [0.5, 0.6) is 0 Å². The molecule has 0 bridgehead atoms. The summed E-state index contributed by atoms with van der Waals surface area (Å²) in [5.74, 6) is 0. The van der Waals surface area contributed by atoms with E-state index < -0.39 is 0 Å². The molecule has 1 aromatic rings. The smallest absolute Gasteiger partial charge is 0.177 e. The summed E-state index contributed by atoms with van der Waals surface area (Å²) in [7, 11) is 0. The molecular weight excluding hydrogens is 201 g/mol. The van der Waals surface area contributed by atoms with Crippen LogP contribution in [0.2, 0.25) is 0 Å². The van der Waals surface area contributed by atoms with E-state index in [1.807, 2.05) is 0 Å². The van der Waals surface area contributed by atoms with Crippen LogP contribution in [0.4, 0.5) is 4.39 Å². The summed E-state index contributed by atoms with van der Waals surface area (Å²) in [5.41, 5.74) is 0.880. The van der Waals surface area contributed by atoms with Gasteiger partial charge in [-0.25, -0.2) is 0 Å². The molecule has 1 atom stereocenters. The van der Waals surface area contributed by atoms with Crippen LogP contribution in [0.15, 0.2) is 6.07 Å². The minimum atomic E-state index is -0.214. The van der Waals surface area contributed by atoms with Gasteiger partial charge < -0.3 is 10.1 Å². The summed E-state index contributed by atoms with van der Waals surface area (Å²) in [5, 5.41) is 3.21. The van der Waals surface area contributed by atoms with Crippen molar-refractivity contribution in [2.45, 2.75) is 18.4 Å². The van der Waals surface area contributed by atoms with Crippen molar-refractivity contribution in [3.05, 3.63) is 21.6 Å². The number of nitrogens with one attached hydrogen (secondary N) is 1. The molecule has 0 saturated carbocycles. The van der Waals surface area contributed by atoms with Crippen molar-refractivity contribution in [1.82, 2.24) is 5.32 Å². The van der Waals surface area contributed by atoms with Crippen LogP contribution in [0.1, 0.15) is 16.9 Å². The van der Waals surface area contributed by atoms with Crippen LogP contribution in [0.3, 0.4) is 0 Å². The fraction of sp³-hybridized carbons (Fsp3) is 0.600. The number of halogens is 1. The Bertz CT molecular complexity index is 357. The molecule has 1 saturated heterocycles. The molecule has 1 spiro atoms. The molecule has 76 valence electrons. The monoisotopic (exact) mass is 213 g/mol. The van der Waals surface area contributed by atoms with Gasteiger partial charge in [-0.1, -0.05) is 0 Å². The first-order chi connectivity index (χ1) is 6.80. The second-order valence-corrected chi connectivity index (χ2v) is 4.99. The Morgan fingerprint density at radius 2 is 2.50 bits per heavy atom. The van der Waals surface area contributed by atoms with Crippen LogP contribution < -0.4 is 5.32 Å². The van der Waals surface area contributed by atoms with Crippen LogP contribution in [-0.2, 0) is 16.8 Å². The van der Waals surface area contributed by atoms with Gasteiger partial charge in [0.15, 0.2) is 5.13 Å². The summed E-state index contributed by atoms with van der Waals surface area (Å²) in [6, 6.07) is 1.66. The highest BCUT2D eigenvalue weighted by atomic mass is 32.1. The van der Waals surface area contributed by atoms with E-state index in [1.165, 1.54) is 16.2 Å². The fourth-order valence-corrected chi connectivity index (χ4v) is 3.36. The SMILES string of the molecule is Fc1cc2c(s1)CCOC21CCNC1. The maximum Gasteiger partial charge on any atom is 0.177 e. The molecule has 0 radical (unpaired) electrons. The molecule has 2 aliphatic heterocycles. The standard InChI is InChI=1S/C10H12FNOS/c11-9-5-7-8(14-9)1-4-13-10(7)2-3-12-6-10/h5,12H,1-4,6H2. The van der Waals surface area contributed by atoms with Crippen molar-refractivity contribution in [1.29, 1.82) is 0 Å². The van der Waals surface area contributed by atoms with Gasteiger partial charge in [-0.3, -0.25) is 0 Å². The van der Waals surface area contributed by atoms with Gasteiger partial charge in [0.2, 0.25) is 0 Å². The highest BCUT2D eigenvalue weighted by molar-refractivity contribution is 7.10. The minimum Gasteiger partial charge on any atom is -0.368 e. The van der Waals surface area contributed by atoms with Gasteiger partial charge in [-0.2, -0.15) is 4.39 Å². The van der Waals surface area contributed by atoms with Crippen LogP contribution >= 0.6 is 11.3 Å². The molecule has 1 aromatic heterocycles. The van der Waals surface area contributed by atoms with Crippen molar-refractivity contribution in [3.63, 3.8) is 0 Å². The highest BCUT2D eigenvalue weighted by Crippen LogP contribution is 2.41. The molecule has 3 rings (SSSR count). The van der Waals surface area contributed by atoms with E-state index >= 15 is 0 Å². The Kier molecular flexibility index (Phi) is 1.90. The van der Waals surface area contributed by atoms with E-state index in [4.69, 9.17) is 4.74 Å². The average Bonchev–Trinajstić information content (AvgIpc) is 2.74. The van der Waals surface area contributed by atoms with Gasteiger partial charge >= 0.3 is 0 Å². The number of hydrogen-bond donors (Lipinski definition) is 1. The number of hydrogen-bond acceptors (Lipinski definition) is 3. The maximum atomic E-state index is 13.2. The topological polar surface area (TPSA) is 21.3 Å². The van der Waals surface area contributed by atoms with E-state index in [1.54, 1.807) is 6.07 Å². The Morgan fingerprint density at radius 3 is 3.29 bits per heavy atom. The summed E-state index contributed by atoms with van der Waals surface area (Å²) < 4.78 is 19.0. The van der Waals surface area contributed by atoms with E-state index in [9.17, 15) is 4.39 Å². The second-order valence-electron chi connectivity index (χ2n) is 3.91. The number of fused-ring (bicyclic) bond motifs is 2. The molecule has 1 fully saturated rings. The molecule has 3 heterocycles. The average molecular weight is 213 g/mol. The van der Waals surface area contributed by atoms with Crippen molar-refractivity contribution in [2.75, 3.05) is 19.7 Å². The minimum absolute atomic E-state index is 0.0771. The number of thiophene rings is 1. The van der Waals surface area contributed by atoms with Crippen LogP contribution in [-0.4, -0.2) is 19.7 Å². The second kappa shape index (κ2) is 3.02. The Morgan fingerprint density at radius 1 is 1.57 bits per heavy atom. The lowest BCUT2D eigenvalue weighted by atomic mass is 9.90. The first-order valence-electron chi connectivity index (χ1n) is 4.94. The van der Waals surface area contributed by atoms with Gasteiger partial charge in [0.1, 0.15) is 5.60 Å². The summed E-state index contributed by atoms with van der Waals surface area (Å²) in [6.45, 7) is 2.53. The van der Waals surface area contributed by atoms with E-state index in [0.29, 0.717) is 0 Å². The zero-order chi connectivity index (χ0) is 9.60. The maximum absolute atomic E-state index is 13.2. The lowest BCUT2D eigenvalue weighted by Gasteiger charge is -2.33. The summed E-state index contributed by atoms with van der Waals surface area (Å²) >= 11 is 1.28. The third kappa shape index (κ3) is 1.14. The van der Waals surface area contributed by atoms with Gasteiger partial charge in [-0.05, 0) is 19.0 Å². The predicted octanol–water partition coefficient (Wildman–Crippen LogP) is 1.65. The first-order valence-corrected chi connectivity index (χ1v) is 5.75. The third-order valence-corrected chi connectivity index (χ3v) is 4.08. The lowest BCUT2D eigenvalue weighted by molar-refractivity contribution is -0.0439. The molecule has 2 nitrogen and oxygen atoms in total. The number of rotatable bonds is 0. The molecule has 14 heavy (non-hydrogen) atoms. The Labute approximate surface area is 86.1 Å². The molecule has 0 aromatic carbocycles. The van der Waals surface area contributed by atoms with Gasteiger partial charge in [-0.15, -0.1) is 11.3 Å². The molecule has 1 N–H and O–H groups in total. The summed E-state index contributed by atoms with van der Waals surface area (Å²) in [6.07, 6.45) is 1.84. The normalized spacial score (nSPS) is 30.9. The van der Waals surface area contributed by atoms with Crippen molar-refractivity contribution in [3.8, 4) is 0 Å². The van der Waals surface area contributed by atoms with Crippen LogP contribution in [0.25, 0.3) is 0 Å². The Hall–Kier alpha value is -0.450. The van der Waals surface area contributed by atoms with E-state index in [0.717, 1.165) is 38.1 Å². The summed E-state index contributed by atoms with van der Waals surface area (Å²) in [4.78, 5) is 1.18. The molecular formula is C10H12FNOS. The van der Waals surface area contributed by atoms with Gasteiger partial charge in [0.25, 0.3) is 0 Å². The molecule has 1 unspecified atom stereocenters. The van der Waals surface area contributed by atoms with E-state index in [2.05, 4.69) is 5.32 Å². The van der Waals surface area contributed by atoms with Crippen molar-refractivity contribution >= 4 is 11.3 Å². The van der Waals surface area contributed by atoms with E-state index in [-0.39, 0.29) is 10.7 Å². The predicted molar refractivity (Wildman–Crippen MR) is 53.1 cm³/mol. The molecule has 2 aliphatic rings. The third-order valence-electron chi connectivity index (χ3n) is 3.09. The molecule has 0 amide bonds. The molecule has 4 heteroatoms. The largest absolute Gasteiger partial charge is 0.368 e. The van der Waals surface area contributed by atoms with Gasteiger partial charge in [0.05, 0.1) is 6.61 Å². The first kappa shape index (κ1) is 8.83. The van der Waals surface area contributed by atoms with Crippen LogP contribution in [0, 0.1) is 5.13 Å².